The third kappa shape index (κ3) is 5.01. The maximum absolute atomic E-state index is 5.25. The normalized spacial score (nSPS) is 16.8. The molecule has 2 rings (SSSR count). The van der Waals surface area contributed by atoms with Crippen LogP contribution in [-0.2, 0) is 0 Å². The Balaban J connectivity index is 0.00000242. The zero-order chi connectivity index (χ0) is 15.1. The van der Waals surface area contributed by atoms with Crippen LogP contribution in [0.1, 0.15) is 24.4 Å². The molecule has 0 radical (unpaired) electrons. The van der Waals surface area contributed by atoms with Crippen molar-refractivity contribution in [2.75, 3.05) is 40.8 Å². The van der Waals surface area contributed by atoms with E-state index in [2.05, 4.69) is 32.7 Å². The molecule has 0 spiro atoms. The first-order valence-corrected chi connectivity index (χ1v) is 7.55. The van der Waals surface area contributed by atoms with Gasteiger partial charge in [0, 0.05) is 20.6 Å². The number of benzene rings is 1. The van der Waals surface area contributed by atoms with Crippen LogP contribution in [-0.4, -0.2) is 51.7 Å². The smallest absolute Gasteiger partial charge is 0.190 e. The summed E-state index contributed by atoms with van der Waals surface area (Å²) in [5.41, 5.74) is 1.32. The van der Waals surface area contributed by atoms with Crippen LogP contribution in [0.15, 0.2) is 29.3 Å². The lowest BCUT2D eigenvalue weighted by Crippen LogP contribution is -2.41. The number of rotatable bonds is 5. The topological polar surface area (TPSA) is 48.9 Å². The largest absolute Gasteiger partial charge is 0.497 e. The van der Waals surface area contributed by atoms with Crippen molar-refractivity contribution < 1.29 is 4.74 Å². The van der Waals surface area contributed by atoms with Gasteiger partial charge in [0.15, 0.2) is 5.96 Å². The predicted octanol–water partition coefficient (Wildman–Crippen LogP) is 2.24. The van der Waals surface area contributed by atoms with Gasteiger partial charge in [-0.25, -0.2) is 0 Å². The predicted molar refractivity (Wildman–Crippen MR) is 102 cm³/mol. The number of hydrogen-bond acceptors (Lipinski definition) is 3. The molecule has 6 heteroatoms. The minimum atomic E-state index is 0. The molecule has 1 aliphatic heterocycles. The van der Waals surface area contributed by atoms with Gasteiger partial charge in [-0.1, -0.05) is 12.1 Å². The second-order valence-electron chi connectivity index (χ2n) is 5.24. The summed E-state index contributed by atoms with van der Waals surface area (Å²) in [5, 5.41) is 6.46. The van der Waals surface area contributed by atoms with Gasteiger partial charge in [-0.2, -0.15) is 0 Å². The summed E-state index contributed by atoms with van der Waals surface area (Å²) in [6, 6.07) is 8.75. The molecule has 1 atom stereocenters. The number of methoxy groups -OCH3 is 1. The number of ether oxygens (including phenoxy) is 1. The molecule has 1 aliphatic rings. The highest BCUT2D eigenvalue weighted by atomic mass is 127. The molecule has 0 saturated carbocycles. The standard InChI is InChI=1S/C16H26N4O.HI/c1-17-16(18-2)19-12-15(20-10-4-5-11-20)13-6-8-14(21-3)9-7-13;/h6-9,15H,4-5,10-12H2,1-3H3,(H2,17,18,19);1H. The van der Waals surface area contributed by atoms with Gasteiger partial charge in [-0.15, -0.1) is 24.0 Å². The molecule has 1 aromatic rings. The van der Waals surface area contributed by atoms with E-state index in [0.717, 1.165) is 31.3 Å². The summed E-state index contributed by atoms with van der Waals surface area (Å²) in [6.07, 6.45) is 2.57. The lowest BCUT2D eigenvalue weighted by molar-refractivity contribution is 0.245. The summed E-state index contributed by atoms with van der Waals surface area (Å²) in [7, 11) is 5.37. The Labute approximate surface area is 150 Å². The average molecular weight is 418 g/mol. The summed E-state index contributed by atoms with van der Waals surface area (Å²) in [4.78, 5) is 6.72. The number of aliphatic imine (C=N–C) groups is 1. The maximum atomic E-state index is 5.25. The summed E-state index contributed by atoms with van der Waals surface area (Å²) in [5.74, 6) is 1.73. The van der Waals surface area contributed by atoms with Crippen LogP contribution in [0.25, 0.3) is 0 Å². The summed E-state index contributed by atoms with van der Waals surface area (Å²) in [6.45, 7) is 3.17. The van der Waals surface area contributed by atoms with Crippen LogP contribution in [0.4, 0.5) is 0 Å². The first-order chi connectivity index (χ1) is 10.3. The van der Waals surface area contributed by atoms with E-state index in [0.29, 0.717) is 6.04 Å². The molecule has 1 unspecified atom stereocenters. The van der Waals surface area contributed by atoms with E-state index in [4.69, 9.17) is 4.74 Å². The van der Waals surface area contributed by atoms with Gasteiger partial charge in [-0.05, 0) is 43.6 Å². The minimum Gasteiger partial charge on any atom is -0.497 e. The van der Waals surface area contributed by atoms with Crippen LogP contribution in [0.5, 0.6) is 5.75 Å². The lowest BCUT2D eigenvalue weighted by atomic mass is 10.1. The maximum Gasteiger partial charge on any atom is 0.190 e. The molecule has 1 aromatic carbocycles. The van der Waals surface area contributed by atoms with Crippen molar-refractivity contribution in [2.24, 2.45) is 4.99 Å². The summed E-state index contributed by atoms with van der Waals surface area (Å²) >= 11 is 0. The lowest BCUT2D eigenvalue weighted by Gasteiger charge is -2.28. The quantitative estimate of drug-likeness (QED) is 0.438. The van der Waals surface area contributed by atoms with Gasteiger partial charge in [0.1, 0.15) is 5.75 Å². The minimum absolute atomic E-state index is 0. The van der Waals surface area contributed by atoms with E-state index in [9.17, 15) is 0 Å². The van der Waals surface area contributed by atoms with Crippen molar-refractivity contribution >= 4 is 29.9 Å². The number of likely N-dealkylation sites (tertiary alicyclic amines) is 1. The number of nitrogens with one attached hydrogen (secondary N) is 2. The van der Waals surface area contributed by atoms with Crippen molar-refractivity contribution in [3.8, 4) is 5.75 Å². The number of guanidine groups is 1. The molecule has 5 nitrogen and oxygen atoms in total. The van der Waals surface area contributed by atoms with Gasteiger partial charge in [0.2, 0.25) is 0 Å². The number of nitrogens with zero attached hydrogens (tertiary/aromatic N) is 2. The molecular weight excluding hydrogens is 391 g/mol. The summed E-state index contributed by atoms with van der Waals surface area (Å²) < 4.78 is 5.25. The second-order valence-corrected chi connectivity index (χ2v) is 5.24. The van der Waals surface area contributed by atoms with Crippen LogP contribution in [0.3, 0.4) is 0 Å². The Morgan fingerprint density at radius 2 is 1.91 bits per heavy atom. The molecule has 0 aromatic heterocycles. The molecular formula is C16H27IN4O. The van der Waals surface area contributed by atoms with Crippen molar-refractivity contribution in [2.45, 2.75) is 18.9 Å². The SMILES string of the molecule is CN=C(NC)NCC(c1ccc(OC)cc1)N1CCCC1.I. The Hall–Kier alpha value is -1.02. The fourth-order valence-corrected chi connectivity index (χ4v) is 2.81. The Bertz CT molecular complexity index is 458. The highest BCUT2D eigenvalue weighted by molar-refractivity contribution is 14.0. The van der Waals surface area contributed by atoms with E-state index < -0.39 is 0 Å². The average Bonchev–Trinajstić information content (AvgIpc) is 3.06. The van der Waals surface area contributed by atoms with Crippen LogP contribution in [0.2, 0.25) is 0 Å². The van der Waals surface area contributed by atoms with E-state index in [-0.39, 0.29) is 24.0 Å². The van der Waals surface area contributed by atoms with Crippen molar-refractivity contribution in [3.63, 3.8) is 0 Å². The monoisotopic (exact) mass is 418 g/mol. The van der Waals surface area contributed by atoms with E-state index >= 15 is 0 Å². The zero-order valence-corrected chi connectivity index (χ0v) is 16.0. The van der Waals surface area contributed by atoms with Crippen LogP contribution in [0, 0.1) is 0 Å². The van der Waals surface area contributed by atoms with Crippen LogP contribution < -0.4 is 15.4 Å². The van der Waals surface area contributed by atoms with E-state index in [1.165, 1.54) is 18.4 Å². The Kier molecular flexibility index (Phi) is 8.55. The molecule has 0 bridgehead atoms. The molecule has 1 saturated heterocycles. The molecule has 0 aliphatic carbocycles. The Morgan fingerprint density at radius 3 is 2.41 bits per heavy atom. The van der Waals surface area contributed by atoms with Gasteiger partial charge < -0.3 is 15.4 Å². The molecule has 124 valence electrons. The zero-order valence-electron chi connectivity index (χ0n) is 13.6. The highest BCUT2D eigenvalue weighted by Gasteiger charge is 2.23. The molecule has 2 N–H and O–H groups in total. The molecule has 1 fully saturated rings. The number of halogens is 1. The molecule has 0 amide bonds. The van der Waals surface area contributed by atoms with Gasteiger partial charge in [0.05, 0.1) is 13.2 Å². The Morgan fingerprint density at radius 1 is 1.27 bits per heavy atom. The van der Waals surface area contributed by atoms with E-state index in [1.807, 2.05) is 19.2 Å². The third-order valence-electron chi connectivity index (χ3n) is 4.01. The fourth-order valence-electron chi connectivity index (χ4n) is 2.81. The third-order valence-corrected chi connectivity index (χ3v) is 4.01. The highest BCUT2D eigenvalue weighted by Crippen LogP contribution is 2.26. The van der Waals surface area contributed by atoms with Gasteiger partial charge in [0.25, 0.3) is 0 Å². The van der Waals surface area contributed by atoms with Crippen molar-refractivity contribution in [1.29, 1.82) is 0 Å². The van der Waals surface area contributed by atoms with E-state index in [1.54, 1.807) is 14.2 Å². The number of hydrogen-bond donors (Lipinski definition) is 2. The molecule has 22 heavy (non-hydrogen) atoms. The van der Waals surface area contributed by atoms with Gasteiger partial charge >= 0.3 is 0 Å². The van der Waals surface area contributed by atoms with Crippen molar-refractivity contribution in [3.05, 3.63) is 29.8 Å². The first kappa shape index (κ1) is 19.0. The van der Waals surface area contributed by atoms with Crippen molar-refractivity contribution in [1.82, 2.24) is 15.5 Å². The second kappa shape index (κ2) is 9.89. The van der Waals surface area contributed by atoms with Crippen LogP contribution >= 0.6 is 24.0 Å². The fraction of sp³-hybridized carbons (Fsp3) is 0.562. The van der Waals surface area contributed by atoms with Gasteiger partial charge in [-0.3, -0.25) is 9.89 Å². The molecule has 1 heterocycles. The first-order valence-electron chi connectivity index (χ1n) is 7.55.